The van der Waals surface area contributed by atoms with Gasteiger partial charge in [0.2, 0.25) is 0 Å². The van der Waals surface area contributed by atoms with E-state index in [2.05, 4.69) is 5.32 Å². The number of ether oxygens (including phenoxy) is 1. The summed E-state index contributed by atoms with van der Waals surface area (Å²) in [5, 5.41) is 11.6. The van der Waals surface area contributed by atoms with Crippen LogP contribution in [0.5, 0.6) is 5.75 Å². The molecule has 1 unspecified atom stereocenters. The van der Waals surface area contributed by atoms with Crippen LogP contribution in [0, 0.1) is 0 Å². The molecule has 2 aromatic rings. The zero-order valence-electron chi connectivity index (χ0n) is 12.0. The molecule has 0 aliphatic heterocycles. The Morgan fingerprint density at radius 2 is 1.81 bits per heavy atom. The van der Waals surface area contributed by atoms with Crippen LogP contribution in [0.25, 0.3) is 11.1 Å². The molecule has 110 valence electrons. The lowest BCUT2D eigenvalue weighted by Crippen LogP contribution is -2.38. The molecule has 0 spiro atoms. The SMILES string of the molecule is CC(CO)NC(=O)COc1ccccc1-c1ccccc1. The first-order chi connectivity index (χ1) is 10.2. The summed E-state index contributed by atoms with van der Waals surface area (Å²) in [6.07, 6.45) is 0. The normalized spacial score (nSPS) is 11.7. The van der Waals surface area contributed by atoms with Crippen LogP contribution < -0.4 is 10.1 Å². The number of benzene rings is 2. The topological polar surface area (TPSA) is 58.6 Å². The third-order valence-electron chi connectivity index (χ3n) is 3.01. The van der Waals surface area contributed by atoms with Crippen molar-refractivity contribution in [2.45, 2.75) is 13.0 Å². The largest absolute Gasteiger partial charge is 0.483 e. The lowest BCUT2D eigenvalue weighted by atomic mass is 10.1. The van der Waals surface area contributed by atoms with Crippen LogP contribution in [0.4, 0.5) is 0 Å². The first-order valence-corrected chi connectivity index (χ1v) is 6.88. The maximum absolute atomic E-state index is 11.7. The molecular formula is C17H19NO3. The van der Waals surface area contributed by atoms with Crippen LogP contribution >= 0.6 is 0 Å². The number of para-hydroxylation sites is 1. The van der Waals surface area contributed by atoms with Crippen molar-refractivity contribution in [2.24, 2.45) is 0 Å². The Morgan fingerprint density at radius 1 is 1.14 bits per heavy atom. The highest BCUT2D eigenvalue weighted by Crippen LogP contribution is 2.29. The van der Waals surface area contributed by atoms with Gasteiger partial charge in [0.1, 0.15) is 5.75 Å². The summed E-state index contributed by atoms with van der Waals surface area (Å²) in [5.41, 5.74) is 1.98. The van der Waals surface area contributed by atoms with Gasteiger partial charge in [-0.1, -0.05) is 48.5 Å². The maximum Gasteiger partial charge on any atom is 0.258 e. The third-order valence-corrected chi connectivity index (χ3v) is 3.01. The van der Waals surface area contributed by atoms with Gasteiger partial charge < -0.3 is 15.2 Å². The van der Waals surface area contributed by atoms with Crippen LogP contribution in [0.2, 0.25) is 0 Å². The van der Waals surface area contributed by atoms with Crippen molar-refractivity contribution in [3.05, 3.63) is 54.6 Å². The van der Waals surface area contributed by atoms with Gasteiger partial charge in [-0.15, -0.1) is 0 Å². The molecule has 2 aromatic carbocycles. The highest BCUT2D eigenvalue weighted by Gasteiger charge is 2.09. The second-order valence-electron chi connectivity index (χ2n) is 4.80. The van der Waals surface area contributed by atoms with Gasteiger partial charge in [-0.3, -0.25) is 4.79 Å². The van der Waals surface area contributed by atoms with E-state index < -0.39 is 0 Å². The van der Waals surface area contributed by atoms with E-state index >= 15 is 0 Å². The number of hydrogen-bond acceptors (Lipinski definition) is 3. The summed E-state index contributed by atoms with van der Waals surface area (Å²) < 4.78 is 5.61. The zero-order valence-corrected chi connectivity index (χ0v) is 12.0. The maximum atomic E-state index is 11.7. The quantitative estimate of drug-likeness (QED) is 0.855. The highest BCUT2D eigenvalue weighted by atomic mass is 16.5. The van der Waals surface area contributed by atoms with E-state index in [9.17, 15) is 4.79 Å². The minimum atomic E-state index is -0.273. The Bertz CT molecular complexity index is 584. The van der Waals surface area contributed by atoms with Crippen LogP contribution in [-0.2, 0) is 4.79 Å². The number of carbonyl (C=O) groups excluding carboxylic acids is 1. The van der Waals surface area contributed by atoms with Gasteiger partial charge in [0.25, 0.3) is 5.91 Å². The predicted molar refractivity (Wildman–Crippen MR) is 82.1 cm³/mol. The molecule has 0 bridgehead atoms. The van der Waals surface area contributed by atoms with Crippen LogP contribution in [-0.4, -0.2) is 30.3 Å². The Hall–Kier alpha value is -2.33. The number of rotatable bonds is 6. The summed E-state index contributed by atoms with van der Waals surface area (Å²) >= 11 is 0. The van der Waals surface area contributed by atoms with Crippen molar-refractivity contribution in [1.29, 1.82) is 0 Å². The Balaban J connectivity index is 2.06. The number of amides is 1. The second kappa shape index (κ2) is 7.45. The number of nitrogens with one attached hydrogen (secondary N) is 1. The molecule has 0 aliphatic carbocycles. The molecule has 4 heteroatoms. The average Bonchev–Trinajstić information content (AvgIpc) is 2.54. The number of hydrogen-bond donors (Lipinski definition) is 2. The molecular weight excluding hydrogens is 266 g/mol. The Morgan fingerprint density at radius 3 is 2.52 bits per heavy atom. The van der Waals surface area contributed by atoms with Gasteiger partial charge in [0, 0.05) is 11.6 Å². The molecule has 0 aliphatic rings. The van der Waals surface area contributed by atoms with Gasteiger partial charge in [-0.05, 0) is 18.6 Å². The second-order valence-corrected chi connectivity index (χ2v) is 4.80. The van der Waals surface area contributed by atoms with E-state index in [-0.39, 0.29) is 25.2 Å². The Labute approximate surface area is 124 Å². The molecule has 0 heterocycles. The molecule has 0 saturated heterocycles. The van der Waals surface area contributed by atoms with Crippen molar-refractivity contribution >= 4 is 5.91 Å². The number of carbonyl (C=O) groups is 1. The number of aliphatic hydroxyl groups is 1. The van der Waals surface area contributed by atoms with Crippen LogP contribution in [0.3, 0.4) is 0 Å². The van der Waals surface area contributed by atoms with Gasteiger partial charge >= 0.3 is 0 Å². The highest BCUT2D eigenvalue weighted by molar-refractivity contribution is 5.78. The van der Waals surface area contributed by atoms with Crippen LogP contribution in [0.15, 0.2) is 54.6 Å². The monoisotopic (exact) mass is 285 g/mol. The molecule has 2 N–H and O–H groups in total. The lowest BCUT2D eigenvalue weighted by Gasteiger charge is -2.13. The summed E-state index contributed by atoms with van der Waals surface area (Å²) in [6.45, 7) is 1.57. The van der Waals surface area contributed by atoms with Crippen molar-refractivity contribution in [3.63, 3.8) is 0 Å². The summed E-state index contributed by atoms with van der Waals surface area (Å²) in [4.78, 5) is 11.7. The first kappa shape index (κ1) is 15.1. The summed E-state index contributed by atoms with van der Waals surface area (Å²) in [5.74, 6) is 0.412. The Kier molecular flexibility index (Phi) is 5.35. The lowest BCUT2D eigenvalue weighted by molar-refractivity contribution is -0.123. The minimum Gasteiger partial charge on any atom is -0.483 e. The van der Waals surface area contributed by atoms with E-state index in [1.54, 1.807) is 6.92 Å². The fourth-order valence-electron chi connectivity index (χ4n) is 1.95. The fourth-order valence-corrected chi connectivity index (χ4v) is 1.95. The molecule has 0 saturated carbocycles. The molecule has 0 aromatic heterocycles. The number of aliphatic hydroxyl groups excluding tert-OH is 1. The van der Waals surface area contributed by atoms with E-state index in [0.29, 0.717) is 5.75 Å². The third kappa shape index (κ3) is 4.33. The minimum absolute atomic E-state index is 0.0752. The van der Waals surface area contributed by atoms with E-state index in [4.69, 9.17) is 9.84 Å². The molecule has 0 radical (unpaired) electrons. The average molecular weight is 285 g/mol. The van der Waals surface area contributed by atoms with E-state index in [1.165, 1.54) is 0 Å². The van der Waals surface area contributed by atoms with Crippen molar-refractivity contribution in [2.75, 3.05) is 13.2 Å². The molecule has 1 amide bonds. The van der Waals surface area contributed by atoms with E-state index in [0.717, 1.165) is 11.1 Å². The molecule has 0 fully saturated rings. The summed E-state index contributed by atoms with van der Waals surface area (Å²) in [7, 11) is 0. The van der Waals surface area contributed by atoms with Crippen LogP contribution in [0.1, 0.15) is 6.92 Å². The molecule has 1 atom stereocenters. The van der Waals surface area contributed by atoms with Crippen molar-refractivity contribution in [3.8, 4) is 16.9 Å². The van der Waals surface area contributed by atoms with E-state index in [1.807, 2.05) is 54.6 Å². The van der Waals surface area contributed by atoms with Gasteiger partial charge in [-0.2, -0.15) is 0 Å². The predicted octanol–water partition coefficient (Wildman–Crippen LogP) is 2.23. The van der Waals surface area contributed by atoms with Crippen molar-refractivity contribution in [1.82, 2.24) is 5.32 Å². The van der Waals surface area contributed by atoms with Crippen molar-refractivity contribution < 1.29 is 14.6 Å². The van der Waals surface area contributed by atoms with Gasteiger partial charge in [0.15, 0.2) is 6.61 Å². The smallest absolute Gasteiger partial charge is 0.258 e. The molecule has 4 nitrogen and oxygen atoms in total. The molecule has 21 heavy (non-hydrogen) atoms. The summed E-state index contributed by atoms with van der Waals surface area (Å²) in [6, 6.07) is 17.2. The first-order valence-electron chi connectivity index (χ1n) is 6.88. The fraction of sp³-hybridized carbons (Fsp3) is 0.235. The zero-order chi connectivity index (χ0) is 15.1. The van der Waals surface area contributed by atoms with Gasteiger partial charge in [0.05, 0.1) is 6.61 Å². The molecule has 2 rings (SSSR count). The standard InChI is InChI=1S/C17H19NO3/c1-13(11-19)18-17(20)12-21-16-10-6-5-9-15(16)14-7-3-2-4-8-14/h2-10,13,19H,11-12H2,1H3,(H,18,20). The van der Waals surface area contributed by atoms with Gasteiger partial charge in [-0.25, -0.2) is 0 Å².